The molecule has 27 heavy (non-hydrogen) atoms. The summed E-state index contributed by atoms with van der Waals surface area (Å²) in [6.07, 6.45) is 2.12. The number of carbonyl (C=O) groups is 1. The maximum absolute atomic E-state index is 12.6. The Morgan fingerprint density at radius 2 is 1.85 bits per heavy atom. The standard InChI is InChI=1S/C21H26N2O4/c1-25-16-7-4-6-15(12-16)22-21(24)14-23-11-5-8-19(23)18-10-9-17(26-2)13-20(18)27-3/h4,6-7,9-10,12-13,19H,5,8,11,14H2,1-3H3,(H,22,24)/p+1/t19-/m1/s1. The lowest BCUT2D eigenvalue weighted by Crippen LogP contribution is -3.11. The van der Waals surface area contributed by atoms with Crippen LogP contribution >= 0.6 is 0 Å². The number of quaternary nitrogens is 1. The van der Waals surface area contributed by atoms with E-state index in [1.54, 1.807) is 21.3 Å². The number of rotatable bonds is 7. The minimum absolute atomic E-state index is 0.00219. The normalized spacial score (nSPS) is 18.8. The molecule has 0 bridgehead atoms. The zero-order valence-electron chi connectivity index (χ0n) is 16.1. The minimum Gasteiger partial charge on any atom is -0.497 e. The lowest BCUT2D eigenvalue weighted by atomic mass is 10.0. The number of carbonyl (C=O) groups excluding carboxylic acids is 1. The van der Waals surface area contributed by atoms with Crippen LogP contribution < -0.4 is 24.4 Å². The number of ether oxygens (including phenoxy) is 3. The van der Waals surface area contributed by atoms with Crippen molar-refractivity contribution in [3.8, 4) is 17.2 Å². The number of likely N-dealkylation sites (tertiary alicyclic amines) is 1. The predicted molar refractivity (Wildman–Crippen MR) is 104 cm³/mol. The molecule has 144 valence electrons. The Morgan fingerprint density at radius 1 is 1.07 bits per heavy atom. The molecule has 1 fully saturated rings. The van der Waals surface area contributed by atoms with Crippen LogP contribution in [0.5, 0.6) is 17.2 Å². The largest absolute Gasteiger partial charge is 0.497 e. The summed E-state index contributed by atoms with van der Waals surface area (Å²) in [6.45, 7) is 1.38. The first-order valence-corrected chi connectivity index (χ1v) is 9.15. The van der Waals surface area contributed by atoms with Crippen molar-refractivity contribution in [2.75, 3.05) is 39.7 Å². The van der Waals surface area contributed by atoms with E-state index in [0.717, 1.165) is 47.9 Å². The number of nitrogens with one attached hydrogen (secondary N) is 2. The molecule has 1 heterocycles. The van der Waals surface area contributed by atoms with Gasteiger partial charge in [0.05, 0.1) is 33.4 Å². The predicted octanol–water partition coefficient (Wildman–Crippen LogP) is 2.07. The number of anilines is 1. The minimum atomic E-state index is -0.00219. The summed E-state index contributed by atoms with van der Waals surface area (Å²) < 4.78 is 16.1. The molecule has 0 spiro atoms. The molecule has 2 aromatic carbocycles. The van der Waals surface area contributed by atoms with E-state index >= 15 is 0 Å². The molecule has 6 heteroatoms. The molecule has 1 amide bonds. The third-order valence-corrected chi connectivity index (χ3v) is 5.04. The third kappa shape index (κ3) is 4.52. The van der Waals surface area contributed by atoms with Crippen LogP contribution in [0.4, 0.5) is 5.69 Å². The van der Waals surface area contributed by atoms with Gasteiger partial charge in [0.25, 0.3) is 5.91 Å². The van der Waals surface area contributed by atoms with Crippen LogP contribution in [0.2, 0.25) is 0 Å². The Balaban J connectivity index is 1.70. The van der Waals surface area contributed by atoms with Gasteiger partial charge >= 0.3 is 0 Å². The van der Waals surface area contributed by atoms with Crippen molar-refractivity contribution in [3.05, 3.63) is 48.0 Å². The van der Waals surface area contributed by atoms with Gasteiger partial charge in [-0.3, -0.25) is 4.79 Å². The summed E-state index contributed by atoms with van der Waals surface area (Å²) in [5.41, 5.74) is 1.87. The second kappa shape index (κ2) is 8.77. The van der Waals surface area contributed by atoms with Crippen LogP contribution in [0.25, 0.3) is 0 Å². The molecular formula is C21H27N2O4+. The lowest BCUT2D eigenvalue weighted by Gasteiger charge is -2.23. The maximum atomic E-state index is 12.6. The van der Waals surface area contributed by atoms with Crippen molar-refractivity contribution in [1.82, 2.24) is 0 Å². The van der Waals surface area contributed by atoms with Crippen molar-refractivity contribution in [1.29, 1.82) is 0 Å². The Kier molecular flexibility index (Phi) is 6.19. The molecule has 2 N–H and O–H groups in total. The molecule has 1 aliphatic rings. The summed E-state index contributed by atoms with van der Waals surface area (Å²) in [5.74, 6) is 2.30. The number of amides is 1. The first-order valence-electron chi connectivity index (χ1n) is 9.15. The number of methoxy groups -OCH3 is 3. The van der Waals surface area contributed by atoms with E-state index in [1.807, 2.05) is 42.5 Å². The van der Waals surface area contributed by atoms with Crippen molar-refractivity contribution >= 4 is 11.6 Å². The molecule has 1 aliphatic heterocycles. The smallest absolute Gasteiger partial charge is 0.279 e. The van der Waals surface area contributed by atoms with Crippen molar-refractivity contribution < 1.29 is 23.9 Å². The highest BCUT2D eigenvalue weighted by Crippen LogP contribution is 2.31. The van der Waals surface area contributed by atoms with Crippen LogP contribution in [0, 0.1) is 0 Å². The molecule has 1 unspecified atom stereocenters. The Labute approximate surface area is 160 Å². The van der Waals surface area contributed by atoms with Gasteiger partial charge in [-0.15, -0.1) is 0 Å². The number of hydrogen-bond donors (Lipinski definition) is 2. The van der Waals surface area contributed by atoms with Crippen LogP contribution in [0.3, 0.4) is 0 Å². The van der Waals surface area contributed by atoms with E-state index in [4.69, 9.17) is 14.2 Å². The van der Waals surface area contributed by atoms with Crippen molar-refractivity contribution in [3.63, 3.8) is 0 Å². The van der Waals surface area contributed by atoms with Gasteiger partial charge in [0.1, 0.15) is 23.3 Å². The van der Waals surface area contributed by atoms with Gasteiger partial charge in [0, 0.05) is 30.7 Å². The third-order valence-electron chi connectivity index (χ3n) is 5.04. The summed E-state index contributed by atoms with van der Waals surface area (Å²) >= 11 is 0. The first-order chi connectivity index (χ1) is 13.1. The molecule has 0 aromatic heterocycles. The second-order valence-corrected chi connectivity index (χ2v) is 6.67. The molecular weight excluding hydrogens is 344 g/mol. The molecule has 6 nitrogen and oxygen atoms in total. The van der Waals surface area contributed by atoms with Gasteiger partial charge in [-0.1, -0.05) is 6.07 Å². The van der Waals surface area contributed by atoms with Gasteiger partial charge in [0.2, 0.25) is 0 Å². The van der Waals surface area contributed by atoms with Crippen molar-refractivity contribution in [2.45, 2.75) is 18.9 Å². The summed E-state index contributed by atoms with van der Waals surface area (Å²) in [7, 11) is 4.93. The Hall–Kier alpha value is -2.73. The quantitative estimate of drug-likeness (QED) is 0.782. The van der Waals surface area contributed by atoms with Crippen LogP contribution in [0.15, 0.2) is 42.5 Å². The number of hydrogen-bond acceptors (Lipinski definition) is 4. The molecule has 1 saturated heterocycles. The van der Waals surface area contributed by atoms with E-state index in [-0.39, 0.29) is 11.9 Å². The summed E-state index contributed by atoms with van der Waals surface area (Å²) in [5, 5.41) is 2.97. The molecule has 2 aromatic rings. The zero-order valence-corrected chi connectivity index (χ0v) is 16.1. The Bertz CT molecular complexity index is 794. The lowest BCUT2D eigenvalue weighted by molar-refractivity contribution is -0.910. The van der Waals surface area contributed by atoms with E-state index in [2.05, 4.69) is 5.32 Å². The van der Waals surface area contributed by atoms with Gasteiger partial charge in [-0.05, 0) is 24.3 Å². The molecule has 0 aliphatic carbocycles. The molecule has 0 saturated carbocycles. The fraction of sp³-hybridized carbons (Fsp3) is 0.381. The van der Waals surface area contributed by atoms with Crippen LogP contribution in [-0.4, -0.2) is 40.3 Å². The first kappa shape index (κ1) is 19.0. The van der Waals surface area contributed by atoms with E-state index in [9.17, 15) is 4.79 Å². The molecule has 2 atom stereocenters. The fourth-order valence-electron chi connectivity index (χ4n) is 3.72. The van der Waals surface area contributed by atoms with Gasteiger partial charge in [-0.25, -0.2) is 0 Å². The highest BCUT2D eigenvalue weighted by molar-refractivity contribution is 5.91. The van der Waals surface area contributed by atoms with Gasteiger partial charge in [-0.2, -0.15) is 0 Å². The Morgan fingerprint density at radius 3 is 2.59 bits per heavy atom. The summed E-state index contributed by atoms with van der Waals surface area (Å²) in [6, 6.07) is 13.5. The van der Waals surface area contributed by atoms with Crippen LogP contribution in [0.1, 0.15) is 24.4 Å². The SMILES string of the molecule is COc1cccc(NC(=O)C[NH+]2CCC[C@@H]2c2ccc(OC)cc2OC)c1. The number of benzene rings is 2. The second-order valence-electron chi connectivity index (χ2n) is 6.67. The monoisotopic (exact) mass is 371 g/mol. The highest BCUT2D eigenvalue weighted by atomic mass is 16.5. The van der Waals surface area contributed by atoms with Gasteiger partial charge in [0.15, 0.2) is 6.54 Å². The average molecular weight is 371 g/mol. The van der Waals surface area contributed by atoms with E-state index < -0.39 is 0 Å². The van der Waals surface area contributed by atoms with Gasteiger partial charge < -0.3 is 24.4 Å². The summed E-state index contributed by atoms with van der Waals surface area (Å²) in [4.78, 5) is 13.8. The fourth-order valence-corrected chi connectivity index (χ4v) is 3.72. The van der Waals surface area contributed by atoms with Crippen LogP contribution in [-0.2, 0) is 4.79 Å². The van der Waals surface area contributed by atoms with E-state index in [0.29, 0.717) is 6.54 Å². The van der Waals surface area contributed by atoms with E-state index in [1.165, 1.54) is 4.90 Å². The maximum Gasteiger partial charge on any atom is 0.279 e. The highest BCUT2D eigenvalue weighted by Gasteiger charge is 2.33. The molecule has 3 rings (SSSR count). The average Bonchev–Trinajstić information content (AvgIpc) is 3.15. The topological polar surface area (TPSA) is 61.2 Å². The zero-order chi connectivity index (χ0) is 19.2. The van der Waals surface area contributed by atoms with Crippen molar-refractivity contribution in [2.24, 2.45) is 0 Å². The molecule has 0 radical (unpaired) electrons.